The Bertz CT molecular complexity index is 1000. The first-order valence-electron chi connectivity index (χ1n) is 15.2. The number of nitrogens with two attached hydrogens (primary N) is 1. The molecule has 2 saturated carbocycles. The molecule has 8 heteroatoms. The fraction of sp³-hybridized carbons (Fsp3) is 0.844. The number of nitrogens with zero attached hydrogens (tertiary/aromatic N) is 1. The van der Waals surface area contributed by atoms with Crippen LogP contribution in [0.15, 0.2) is 0 Å². The lowest BCUT2D eigenvalue weighted by Crippen LogP contribution is -2.48. The van der Waals surface area contributed by atoms with Crippen molar-refractivity contribution in [1.29, 1.82) is 0 Å². The average molecular weight is 561 g/mol. The molecule has 3 fully saturated rings. The van der Waals surface area contributed by atoms with Crippen molar-refractivity contribution in [2.45, 2.75) is 125 Å². The summed E-state index contributed by atoms with van der Waals surface area (Å²) >= 11 is 0. The first kappa shape index (κ1) is 32.3. The van der Waals surface area contributed by atoms with E-state index in [1.165, 1.54) is 0 Å². The van der Waals surface area contributed by atoms with Crippen LogP contribution in [0.25, 0.3) is 0 Å². The SMILES string of the molecule is CC(C)C[C@@H]1C[C@]12CC(C(=O)CC(CC1CCC1)C(=O)C(N)=O)N(C(=O)[C@@H](CC(=O)OC(C)(C)C)C(C)(C)C)C2. The predicted molar refractivity (Wildman–Crippen MR) is 153 cm³/mol. The van der Waals surface area contributed by atoms with E-state index < -0.39 is 46.6 Å². The van der Waals surface area contributed by atoms with Gasteiger partial charge in [0.1, 0.15) is 5.60 Å². The van der Waals surface area contributed by atoms with Gasteiger partial charge in [-0.25, -0.2) is 0 Å². The minimum Gasteiger partial charge on any atom is -0.460 e. The minimum atomic E-state index is -1.00. The van der Waals surface area contributed by atoms with Crippen molar-refractivity contribution in [2.75, 3.05) is 6.54 Å². The summed E-state index contributed by atoms with van der Waals surface area (Å²) in [6.45, 7) is 16.0. The second-order valence-corrected chi connectivity index (χ2v) is 15.4. The first-order valence-corrected chi connectivity index (χ1v) is 15.2. The van der Waals surface area contributed by atoms with Gasteiger partial charge in [0.15, 0.2) is 5.78 Å². The lowest BCUT2D eigenvalue weighted by Gasteiger charge is -2.35. The fourth-order valence-electron chi connectivity index (χ4n) is 6.81. The van der Waals surface area contributed by atoms with Gasteiger partial charge in [-0.05, 0) is 75.0 Å². The van der Waals surface area contributed by atoms with E-state index in [4.69, 9.17) is 10.5 Å². The Morgan fingerprint density at radius 3 is 2.05 bits per heavy atom. The van der Waals surface area contributed by atoms with E-state index in [1.807, 2.05) is 20.8 Å². The molecule has 2 amide bonds. The van der Waals surface area contributed by atoms with E-state index in [-0.39, 0.29) is 29.9 Å². The number of amides is 2. The first-order chi connectivity index (χ1) is 18.3. The number of ether oxygens (including phenoxy) is 1. The molecule has 226 valence electrons. The molecule has 5 atom stereocenters. The van der Waals surface area contributed by atoms with E-state index in [0.717, 1.165) is 32.1 Å². The van der Waals surface area contributed by atoms with Gasteiger partial charge >= 0.3 is 5.97 Å². The maximum absolute atomic E-state index is 14.2. The second kappa shape index (κ2) is 11.9. The number of likely N-dealkylation sites (tertiary alicyclic amines) is 1. The molecule has 2 unspecified atom stereocenters. The Kier molecular flexibility index (Phi) is 9.62. The van der Waals surface area contributed by atoms with Crippen LogP contribution in [-0.4, -0.2) is 52.4 Å². The molecular weight excluding hydrogens is 508 g/mol. The zero-order valence-electron chi connectivity index (χ0n) is 26.0. The van der Waals surface area contributed by atoms with Gasteiger partial charge in [-0.3, -0.25) is 24.0 Å². The Hall–Kier alpha value is -2.25. The highest BCUT2D eigenvalue weighted by Crippen LogP contribution is 2.63. The highest BCUT2D eigenvalue weighted by Gasteiger charge is 2.62. The third-order valence-electron chi connectivity index (χ3n) is 9.27. The smallest absolute Gasteiger partial charge is 0.307 e. The molecule has 0 aromatic rings. The van der Waals surface area contributed by atoms with E-state index in [9.17, 15) is 24.0 Å². The Balaban J connectivity index is 1.87. The summed E-state index contributed by atoms with van der Waals surface area (Å²) in [5.74, 6) is -2.63. The molecule has 1 aliphatic heterocycles. The zero-order valence-corrected chi connectivity index (χ0v) is 26.0. The van der Waals surface area contributed by atoms with Crippen molar-refractivity contribution >= 4 is 29.4 Å². The molecule has 1 saturated heterocycles. The van der Waals surface area contributed by atoms with Gasteiger partial charge in [0.25, 0.3) is 5.91 Å². The molecule has 3 rings (SSSR count). The topological polar surface area (TPSA) is 124 Å². The molecular formula is C32H52N2O6. The fourth-order valence-corrected chi connectivity index (χ4v) is 6.81. The molecule has 1 spiro atoms. The molecule has 0 aromatic heterocycles. The Morgan fingerprint density at radius 1 is 0.950 bits per heavy atom. The molecule has 8 nitrogen and oxygen atoms in total. The van der Waals surface area contributed by atoms with Crippen LogP contribution in [0, 0.1) is 40.4 Å². The van der Waals surface area contributed by atoms with Crippen LogP contribution in [0.2, 0.25) is 0 Å². The van der Waals surface area contributed by atoms with Crippen LogP contribution >= 0.6 is 0 Å². The number of Topliss-reactive ketones (excluding diaryl/α,β-unsaturated/α-hetero) is 2. The van der Waals surface area contributed by atoms with Crippen LogP contribution in [0.1, 0.15) is 113 Å². The van der Waals surface area contributed by atoms with Crippen molar-refractivity contribution in [3.05, 3.63) is 0 Å². The number of hydrogen-bond acceptors (Lipinski definition) is 6. The van der Waals surface area contributed by atoms with Gasteiger partial charge < -0.3 is 15.4 Å². The normalized spacial score (nSPS) is 26.4. The van der Waals surface area contributed by atoms with Crippen LogP contribution in [0.3, 0.4) is 0 Å². The van der Waals surface area contributed by atoms with Crippen LogP contribution in [-0.2, 0) is 28.7 Å². The lowest BCUT2D eigenvalue weighted by atomic mass is 9.76. The molecule has 0 radical (unpaired) electrons. The summed E-state index contributed by atoms with van der Waals surface area (Å²) in [6, 6.07) is -0.669. The van der Waals surface area contributed by atoms with Crippen molar-refractivity contribution < 1.29 is 28.7 Å². The molecule has 0 aromatic carbocycles. The largest absolute Gasteiger partial charge is 0.460 e. The maximum Gasteiger partial charge on any atom is 0.307 e. The van der Waals surface area contributed by atoms with Crippen LogP contribution in [0.5, 0.6) is 0 Å². The minimum absolute atomic E-state index is 0.0656. The summed E-state index contributed by atoms with van der Waals surface area (Å²) in [5.41, 5.74) is 4.06. The number of rotatable bonds is 12. The molecule has 2 aliphatic carbocycles. The Labute approximate surface area is 240 Å². The number of hydrogen-bond donors (Lipinski definition) is 1. The summed E-state index contributed by atoms with van der Waals surface area (Å²) in [7, 11) is 0. The van der Waals surface area contributed by atoms with Gasteiger partial charge in [-0.1, -0.05) is 53.9 Å². The standard InChI is InChI=1S/C32H52N2O6/c1-19(2)12-22-16-32(22)17-24(25(35)14-21(27(37)28(33)38)13-20-10-9-11-20)34(18-32)29(39)23(30(3,4)5)15-26(36)40-31(6,7)8/h19-24H,9-18H2,1-8H3,(H2,33,38)/t21?,22-,23-,24?,32-/m1/s1. The molecule has 3 aliphatic rings. The van der Waals surface area contributed by atoms with Gasteiger partial charge in [-0.15, -0.1) is 0 Å². The number of ketones is 2. The molecule has 1 heterocycles. The summed E-state index contributed by atoms with van der Waals surface area (Å²) < 4.78 is 5.56. The summed E-state index contributed by atoms with van der Waals surface area (Å²) in [6.07, 6.45) is 5.98. The second-order valence-electron chi connectivity index (χ2n) is 15.4. The van der Waals surface area contributed by atoms with E-state index >= 15 is 0 Å². The van der Waals surface area contributed by atoms with E-state index in [2.05, 4.69) is 13.8 Å². The number of primary amides is 1. The predicted octanol–water partition coefficient (Wildman–Crippen LogP) is 4.85. The summed E-state index contributed by atoms with van der Waals surface area (Å²) in [5, 5.41) is 0. The summed E-state index contributed by atoms with van der Waals surface area (Å²) in [4.78, 5) is 67.2. The van der Waals surface area contributed by atoms with E-state index in [0.29, 0.717) is 37.1 Å². The maximum atomic E-state index is 14.2. The molecule has 40 heavy (non-hydrogen) atoms. The lowest BCUT2D eigenvalue weighted by molar-refractivity contribution is -0.161. The van der Waals surface area contributed by atoms with Crippen molar-refractivity contribution in [1.82, 2.24) is 4.90 Å². The van der Waals surface area contributed by atoms with Gasteiger partial charge in [0.2, 0.25) is 11.7 Å². The number of carbonyl (C=O) groups is 5. The van der Waals surface area contributed by atoms with Crippen LogP contribution < -0.4 is 5.73 Å². The third-order valence-corrected chi connectivity index (χ3v) is 9.27. The number of esters is 1. The molecule has 0 bridgehead atoms. The van der Waals surface area contributed by atoms with Crippen molar-refractivity contribution in [3.8, 4) is 0 Å². The monoisotopic (exact) mass is 560 g/mol. The zero-order chi connectivity index (χ0) is 30.2. The third kappa shape index (κ3) is 7.94. The van der Waals surface area contributed by atoms with Crippen LogP contribution in [0.4, 0.5) is 0 Å². The van der Waals surface area contributed by atoms with E-state index in [1.54, 1.807) is 25.7 Å². The highest BCUT2D eigenvalue weighted by molar-refractivity contribution is 6.36. The van der Waals surface area contributed by atoms with Crippen molar-refractivity contribution in [3.63, 3.8) is 0 Å². The van der Waals surface area contributed by atoms with Crippen molar-refractivity contribution in [2.24, 2.45) is 46.2 Å². The highest BCUT2D eigenvalue weighted by atomic mass is 16.6. The molecule has 2 N–H and O–H groups in total. The number of carbonyl (C=O) groups excluding carboxylic acids is 5. The van der Waals surface area contributed by atoms with Gasteiger partial charge in [0, 0.05) is 18.9 Å². The quantitative estimate of drug-likeness (QED) is 0.269. The average Bonchev–Trinajstić information content (AvgIpc) is 3.25. The Morgan fingerprint density at radius 2 is 1.57 bits per heavy atom. The van der Waals surface area contributed by atoms with Gasteiger partial charge in [-0.2, -0.15) is 0 Å². The van der Waals surface area contributed by atoms with Gasteiger partial charge in [0.05, 0.1) is 18.4 Å².